The topological polar surface area (TPSA) is 38.3 Å². The van der Waals surface area contributed by atoms with Crippen molar-refractivity contribution in [3.8, 4) is 5.75 Å². The third-order valence-corrected chi connectivity index (χ3v) is 4.19. The van der Waals surface area contributed by atoms with E-state index in [0.29, 0.717) is 6.42 Å². The summed E-state index contributed by atoms with van der Waals surface area (Å²) in [5.41, 5.74) is 4.40. The molecule has 118 valence electrons. The maximum Gasteiger partial charge on any atom is 0.158 e. The number of allylic oxidation sites excluding steroid dienone is 2. The van der Waals surface area contributed by atoms with Crippen molar-refractivity contribution in [1.29, 1.82) is 0 Å². The number of ether oxygens (including phenoxy) is 1. The molecule has 0 unspecified atom stereocenters. The van der Waals surface area contributed by atoms with Crippen LogP contribution < -0.4 is 10.1 Å². The van der Waals surface area contributed by atoms with Crippen LogP contribution >= 0.6 is 0 Å². The lowest BCUT2D eigenvalue weighted by Gasteiger charge is -2.23. The van der Waals surface area contributed by atoms with Gasteiger partial charge in [0.1, 0.15) is 5.75 Å². The van der Waals surface area contributed by atoms with Gasteiger partial charge in [-0.15, -0.1) is 0 Å². The molecule has 2 aromatic rings. The summed E-state index contributed by atoms with van der Waals surface area (Å²) >= 11 is 0. The van der Waals surface area contributed by atoms with E-state index in [1.807, 2.05) is 36.4 Å². The predicted molar refractivity (Wildman–Crippen MR) is 92.9 cm³/mol. The lowest BCUT2D eigenvalue weighted by atomic mass is 9.85. The molecule has 3 rings (SSSR count). The molecule has 0 saturated carbocycles. The zero-order valence-corrected chi connectivity index (χ0v) is 13.5. The highest BCUT2D eigenvalue weighted by molar-refractivity contribution is 5.92. The lowest BCUT2D eigenvalue weighted by Crippen LogP contribution is -2.16. The van der Waals surface area contributed by atoms with Gasteiger partial charge in [0.25, 0.3) is 0 Å². The summed E-state index contributed by atoms with van der Waals surface area (Å²) in [4.78, 5) is 12.1. The Bertz CT molecular complexity index is 714. The Morgan fingerprint density at radius 2 is 1.70 bits per heavy atom. The zero-order chi connectivity index (χ0) is 16.2. The number of aryl methyl sites for hydroxylation is 1. The standard InChI is InChI=1S/C20H21NO2/c1-14-3-7-17(8-4-14)21-18-11-16(12-19(22)13-18)15-5-9-20(23-2)10-6-15/h3-10,13,16,21H,11-12H2,1-2H3/t16-/m1/s1. The molecular formula is C20H21NO2. The van der Waals surface area contributed by atoms with Crippen molar-refractivity contribution < 1.29 is 9.53 Å². The Balaban J connectivity index is 1.74. The van der Waals surface area contributed by atoms with Crippen molar-refractivity contribution in [2.75, 3.05) is 12.4 Å². The zero-order valence-electron chi connectivity index (χ0n) is 13.5. The molecule has 3 nitrogen and oxygen atoms in total. The summed E-state index contributed by atoms with van der Waals surface area (Å²) < 4.78 is 5.20. The molecule has 0 spiro atoms. The van der Waals surface area contributed by atoms with Crippen molar-refractivity contribution in [3.05, 3.63) is 71.4 Å². The van der Waals surface area contributed by atoms with Crippen molar-refractivity contribution >= 4 is 11.5 Å². The van der Waals surface area contributed by atoms with E-state index in [2.05, 4.69) is 24.4 Å². The molecule has 1 N–H and O–H groups in total. The van der Waals surface area contributed by atoms with Crippen LogP contribution in [0.5, 0.6) is 5.75 Å². The molecule has 0 bridgehead atoms. The summed E-state index contributed by atoms with van der Waals surface area (Å²) in [5.74, 6) is 1.22. The van der Waals surface area contributed by atoms with Crippen molar-refractivity contribution in [2.24, 2.45) is 0 Å². The minimum absolute atomic E-state index is 0.173. The normalized spacial score (nSPS) is 17.6. The summed E-state index contributed by atoms with van der Waals surface area (Å²) in [6.45, 7) is 2.06. The molecule has 0 aromatic heterocycles. The first-order valence-corrected chi connectivity index (χ1v) is 7.85. The minimum atomic E-state index is 0.173. The molecule has 1 atom stereocenters. The Morgan fingerprint density at radius 3 is 2.35 bits per heavy atom. The number of nitrogens with one attached hydrogen (secondary N) is 1. The van der Waals surface area contributed by atoms with E-state index in [9.17, 15) is 4.79 Å². The third-order valence-electron chi connectivity index (χ3n) is 4.19. The molecule has 2 aromatic carbocycles. The molecule has 0 heterocycles. The minimum Gasteiger partial charge on any atom is -0.497 e. The second-order valence-electron chi connectivity index (χ2n) is 6.01. The van der Waals surface area contributed by atoms with Gasteiger partial charge in [-0.05, 0) is 49.1 Å². The lowest BCUT2D eigenvalue weighted by molar-refractivity contribution is -0.115. The SMILES string of the molecule is COc1ccc([C@H]2CC(=O)C=C(Nc3ccc(C)cc3)C2)cc1. The number of carbonyl (C=O) groups excluding carboxylic acids is 1. The molecule has 0 amide bonds. The van der Waals surface area contributed by atoms with Crippen molar-refractivity contribution in [1.82, 2.24) is 0 Å². The summed E-state index contributed by atoms with van der Waals surface area (Å²) in [5, 5.41) is 3.38. The molecule has 23 heavy (non-hydrogen) atoms. The van der Waals surface area contributed by atoms with E-state index < -0.39 is 0 Å². The fourth-order valence-corrected chi connectivity index (χ4v) is 2.91. The number of carbonyl (C=O) groups is 1. The van der Waals surface area contributed by atoms with Crippen LogP contribution in [0, 0.1) is 6.92 Å². The maximum atomic E-state index is 12.1. The Morgan fingerprint density at radius 1 is 1.00 bits per heavy atom. The highest BCUT2D eigenvalue weighted by Crippen LogP contribution is 2.32. The number of ketones is 1. The van der Waals surface area contributed by atoms with Gasteiger partial charge in [0, 0.05) is 23.9 Å². The summed E-state index contributed by atoms with van der Waals surface area (Å²) in [7, 11) is 1.66. The highest BCUT2D eigenvalue weighted by atomic mass is 16.5. The van der Waals surface area contributed by atoms with Gasteiger partial charge in [0.2, 0.25) is 0 Å². The monoisotopic (exact) mass is 307 g/mol. The molecule has 1 aliphatic rings. The van der Waals surface area contributed by atoms with Crippen molar-refractivity contribution in [2.45, 2.75) is 25.7 Å². The van der Waals surface area contributed by atoms with E-state index in [1.165, 1.54) is 11.1 Å². The van der Waals surface area contributed by atoms with Gasteiger partial charge in [-0.2, -0.15) is 0 Å². The smallest absolute Gasteiger partial charge is 0.158 e. The number of rotatable bonds is 4. The number of hydrogen-bond acceptors (Lipinski definition) is 3. The molecular weight excluding hydrogens is 286 g/mol. The van der Waals surface area contributed by atoms with Crippen LogP contribution in [0.15, 0.2) is 60.3 Å². The quantitative estimate of drug-likeness (QED) is 0.907. The molecule has 1 aliphatic carbocycles. The Labute approximate surface area is 137 Å². The van der Waals surface area contributed by atoms with Gasteiger partial charge in [0.15, 0.2) is 5.78 Å². The fraction of sp³-hybridized carbons (Fsp3) is 0.250. The average molecular weight is 307 g/mol. The number of methoxy groups -OCH3 is 1. The summed E-state index contributed by atoms with van der Waals surface area (Å²) in [6.07, 6.45) is 3.14. The fourth-order valence-electron chi connectivity index (χ4n) is 2.91. The summed E-state index contributed by atoms with van der Waals surface area (Å²) in [6, 6.07) is 16.2. The van der Waals surface area contributed by atoms with Gasteiger partial charge in [-0.25, -0.2) is 0 Å². The number of hydrogen-bond donors (Lipinski definition) is 1. The Kier molecular flexibility index (Phi) is 4.47. The van der Waals surface area contributed by atoms with E-state index in [-0.39, 0.29) is 11.7 Å². The molecule has 0 saturated heterocycles. The van der Waals surface area contributed by atoms with Crippen LogP contribution in [-0.4, -0.2) is 12.9 Å². The third kappa shape index (κ3) is 3.81. The molecule has 0 aliphatic heterocycles. The first-order valence-electron chi connectivity index (χ1n) is 7.85. The van der Waals surface area contributed by atoms with Crippen LogP contribution in [0.2, 0.25) is 0 Å². The van der Waals surface area contributed by atoms with Crippen LogP contribution in [0.1, 0.15) is 29.9 Å². The van der Waals surface area contributed by atoms with Crippen LogP contribution in [-0.2, 0) is 4.79 Å². The van der Waals surface area contributed by atoms with Gasteiger partial charge < -0.3 is 10.1 Å². The number of benzene rings is 2. The second kappa shape index (κ2) is 6.69. The van der Waals surface area contributed by atoms with E-state index in [1.54, 1.807) is 13.2 Å². The number of anilines is 1. The van der Waals surface area contributed by atoms with Crippen LogP contribution in [0.4, 0.5) is 5.69 Å². The van der Waals surface area contributed by atoms with Crippen molar-refractivity contribution in [3.63, 3.8) is 0 Å². The first kappa shape index (κ1) is 15.3. The highest BCUT2D eigenvalue weighted by Gasteiger charge is 2.22. The van der Waals surface area contributed by atoms with Crippen LogP contribution in [0.25, 0.3) is 0 Å². The molecule has 3 heteroatoms. The van der Waals surface area contributed by atoms with E-state index in [4.69, 9.17) is 4.74 Å². The van der Waals surface area contributed by atoms with E-state index >= 15 is 0 Å². The second-order valence-corrected chi connectivity index (χ2v) is 6.01. The maximum absolute atomic E-state index is 12.1. The average Bonchev–Trinajstić information content (AvgIpc) is 2.56. The Hall–Kier alpha value is -2.55. The van der Waals surface area contributed by atoms with Gasteiger partial charge >= 0.3 is 0 Å². The largest absolute Gasteiger partial charge is 0.497 e. The molecule has 0 radical (unpaired) electrons. The van der Waals surface area contributed by atoms with Gasteiger partial charge in [-0.1, -0.05) is 29.8 Å². The first-order chi connectivity index (χ1) is 11.1. The van der Waals surface area contributed by atoms with Crippen LogP contribution in [0.3, 0.4) is 0 Å². The van der Waals surface area contributed by atoms with Gasteiger partial charge in [0.05, 0.1) is 7.11 Å². The predicted octanol–water partition coefficient (Wildman–Crippen LogP) is 4.45. The van der Waals surface area contributed by atoms with E-state index in [0.717, 1.165) is 23.6 Å². The molecule has 0 fully saturated rings. The van der Waals surface area contributed by atoms with Gasteiger partial charge in [-0.3, -0.25) is 4.79 Å².